The lowest BCUT2D eigenvalue weighted by Gasteiger charge is -2.04. The van der Waals surface area contributed by atoms with E-state index in [0.717, 1.165) is 27.6 Å². The van der Waals surface area contributed by atoms with Crippen LogP contribution in [0.15, 0.2) is 75.6 Å². The van der Waals surface area contributed by atoms with Gasteiger partial charge in [-0.25, -0.2) is 10.4 Å². The molecule has 1 heterocycles. The number of benzene rings is 3. The van der Waals surface area contributed by atoms with E-state index in [4.69, 9.17) is 0 Å². The summed E-state index contributed by atoms with van der Waals surface area (Å²) in [6.45, 7) is 2.05. The zero-order valence-corrected chi connectivity index (χ0v) is 21.9. The maximum Gasteiger partial charge on any atom is 0.271 e. The monoisotopic (exact) mass is 632 g/mol. The Balaban J connectivity index is 1.38. The molecule has 0 fully saturated rings. The van der Waals surface area contributed by atoms with Crippen molar-refractivity contribution < 1.29 is 9.90 Å². The normalized spacial score (nSPS) is 11.0. The minimum absolute atomic E-state index is 0.176. The molecule has 6 nitrogen and oxygen atoms in total. The van der Waals surface area contributed by atoms with Gasteiger partial charge in [-0.15, -0.1) is 11.3 Å². The van der Waals surface area contributed by atoms with Crippen molar-refractivity contribution in [1.29, 1.82) is 0 Å². The van der Waals surface area contributed by atoms with Crippen molar-refractivity contribution in [3.63, 3.8) is 0 Å². The predicted octanol–water partition coefficient (Wildman–Crippen LogP) is 6.70. The first-order chi connectivity index (χ1) is 15.9. The molecule has 0 saturated carbocycles. The lowest BCUT2D eigenvalue weighted by Crippen LogP contribution is -2.17. The summed E-state index contributed by atoms with van der Waals surface area (Å²) in [7, 11) is 0. The first kappa shape index (κ1) is 23.4. The van der Waals surface area contributed by atoms with Crippen LogP contribution >= 0.6 is 49.9 Å². The molecule has 0 bridgehead atoms. The molecule has 1 amide bonds. The Morgan fingerprint density at radius 1 is 1.15 bits per heavy atom. The van der Waals surface area contributed by atoms with Gasteiger partial charge in [-0.1, -0.05) is 29.8 Å². The summed E-state index contributed by atoms with van der Waals surface area (Å²) in [4.78, 5) is 17.0. The molecule has 4 rings (SSSR count). The fourth-order valence-corrected chi connectivity index (χ4v) is 5.14. The summed E-state index contributed by atoms with van der Waals surface area (Å²) < 4.78 is 1.25. The van der Waals surface area contributed by atoms with Crippen LogP contribution in [0.1, 0.15) is 21.5 Å². The number of thiazole rings is 1. The van der Waals surface area contributed by atoms with E-state index < -0.39 is 0 Å². The van der Waals surface area contributed by atoms with E-state index >= 15 is 0 Å². The Kier molecular flexibility index (Phi) is 7.41. The van der Waals surface area contributed by atoms with Gasteiger partial charge in [0.05, 0.1) is 20.0 Å². The Bertz CT molecular complexity index is 1300. The highest BCUT2D eigenvalue weighted by atomic mass is 127. The minimum Gasteiger partial charge on any atom is -0.506 e. The number of rotatable bonds is 6. The third-order valence-electron chi connectivity index (χ3n) is 4.67. The largest absolute Gasteiger partial charge is 0.506 e. The Hall–Kier alpha value is -2.76. The first-order valence-electron chi connectivity index (χ1n) is 9.80. The van der Waals surface area contributed by atoms with Crippen LogP contribution in [0.2, 0.25) is 0 Å². The average molecular weight is 633 g/mol. The van der Waals surface area contributed by atoms with Crippen molar-refractivity contribution >= 4 is 72.8 Å². The highest BCUT2D eigenvalue weighted by molar-refractivity contribution is 14.1. The standard InChI is InChI=1S/C24H18BrIN4O2S/c1-14-2-8-18(9-3-14)28-24-29-21(13-33-24)16-4-6-17(7-5-16)23(32)30-27-12-15-10-19(25)22(31)20(26)11-15/h2-13,31H,1H3,(H,28,29)(H,30,32)/b27-12-. The molecule has 166 valence electrons. The zero-order valence-electron chi connectivity index (χ0n) is 17.3. The number of phenols is 1. The molecule has 0 atom stereocenters. The molecule has 0 unspecified atom stereocenters. The number of aromatic hydroxyl groups is 1. The quantitative estimate of drug-likeness (QED) is 0.125. The number of phenolic OH excluding ortho intramolecular Hbond substituents is 1. The van der Waals surface area contributed by atoms with Gasteiger partial charge < -0.3 is 10.4 Å². The molecular formula is C24H18BrIN4O2S. The number of carbonyl (C=O) groups is 1. The second-order valence-electron chi connectivity index (χ2n) is 7.14. The smallest absolute Gasteiger partial charge is 0.271 e. The summed E-state index contributed by atoms with van der Waals surface area (Å²) in [6, 6.07) is 18.8. The number of hydrazone groups is 1. The second kappa shape index (κ2) is 10.4. The summed E-state index contributed by atoms with van der Waals surface area (Å²) in [5.74, 6) is -0.139. The van der Waals surface area contributed by atoms with Crippen LogP contribution < -0.4 is 10.7 Å². The van der Waals surface area contributed by atoms with Crippen LogP contribution in [0.5, 0.6) is 5.75 Å². The van der Waals surface area contributed by atoms with Gasteiger partial charge >= 0.3 is 0 Å². The highest BCUT2D eigenvalue weighted by Gasteiger charge is 2.09. The molecule has 0 aliphatic carbocycles. The molecule has 3 aromatic carbocycles. The summed E-state index contributed by atoms with van der Waals surface area (Å²) in [5, 5.41) is 19.9. The van der Waals surface area contributed by atoms with E-state index in [1.165, 1.54) is 23.1 Å². The van der Waals surface area contributed by atoms with Crippen molar-refractivity contribution in [3.05, 3.63) is 90.8 Å². The maximum absolute atomic E-state index is 12.4. The highest BCUT2D eigenvalue weighted by Crippen LogP contribution is 2.30. The molecule has 1 aromatic heterocycles. The molecule has 4 aromatic rings. The number of aromatic nitrogens is 1. The third-order valence-corrected chi connectivity index (χ3v) is 6.85. The van der Waals surface area contributed by atoms with Crippen LogP contribution in [-0.4, -0.2) is 22.2 Å². The van der Waals surface area contributed by atoms with Gasteiger partial charge in [0.15, 0.2) is 5.13 Å². The molecule has 33 heavy (non-hydrogen) atoms. The second-order valence-corrected chi connectivity index (χ2v) is 10.0. The van der Waals surface area contributed by atoms with Gasteiger partial charge in [0.1, 0.15) is 5.75 Å². The number of halogens is 2. The van der Waals surface area contributed by atoms with Crippen molar-refractivity contribution in [1.82, 2.24) is 10.4 Å². The fourth-order valence-electron chi connectivity index (χ4n) is 2.91. The number of aryl methyl sites for hydroxylation is 1. The van der Waals surface area contributed by atoms with Crippen LogP contribution in [0.4, 0.5) is 10.8 Å². The molecule has 0 saturated heterocycles. The van der Waals surface area contributed by atoms with Crippen LogP contribution in [-0.2, 0) is 0 Å². The van der Waals surface area contributed by atoms with Crippen molar-refractivity contribution in [2.45, 2.75) is 6.92 Å². The number of hydrogen-bond acceptors (Lipinski definition) is 6. The lowest BCUT2D eigenvalue weighted by atomic mass is 10.1. The average Bonchev–Trinajstić information content (AvgIpc) is 3.27. The SMILES string of the molecule is Cc1ccc(Nc2nc(-c3ccc(C(=O)N/N=C\c4cc(Br)c(O)c(I)c4)cc3)cs2)cc1. The van der Waals surface area contributed by atoms with Crippen LogP contribution in [0.25, 0.3) is 11.3 Å². The third kappa shape index (κ3) is 5.98. The zero-order chi connectivity index (χ0) is 23.4. The van der Waals surface area contributed by atoms with Crippen LogP contribution in [0, 0.1) is 10.5 Å². The van der Waals surface area contributed by atoms with Gasteiger partial charge in [0.2, 0.25) is 0 Å². The van der Waals surface area contributed by atoms with Gasteiger partial charge in [0, 0.05) is 22.2 Å². The molecular weight excluding hydrogens is 615 g/mol. The topological polar surface area (TPSA) is 86.6 Å². The molecule has 3 N–H and O–H groups in total. The molecule has 0 radical (unpaired) electrons. The molecule has 9 heteroatoms. The lowest BCUT2D eigenvalue weighted by molar-refractivity contribution is 0.0955. The number of nitrogens with one attached hydrogen (secondary N) is 2. The number of nitrogens with zero attached hydrogens (tertiary/aromatic N) is 2. The maximum atomic E-state index is 12.4. The van der Waals surface area contributed by atoms with E-state index in [1.807, 2.05) is 52.2 Å². The number of carbonyl (C=O) groups excluding carboxylic acids is 1. The summed E-state index contributed by atoms with van der Waals surface area (Å²) in [5.41, 5.74) is 7.72. The number of hydrogen-bond donors (Lipinski definition) is 3. The molecule has 0 spiro atoms. The van der Waals surface area contributed by atoms with Crippen molar-refractivity contribution in [2.24, 2.45) is 5.10 Å². The van der Waals surface area contributed by atoms with Crippen molar-refractivity contribution in [2.75, 3.05) is 5.32 Å². The van der Waals surface area contributed by atoms with Gasteiger partial charge in [-0.05, 0) is 87.4 Å². The number of amides is 1. The first-order valence-corrected chi connectivity index (χ1v) is 12.6. The van der Waals surface area contributed by atoms with E-state index in [2.05, 4.69) is 55.8 Å². The molecule has 0 aliphatic rings. The van der Waals surface area contributed by atoms with Crippen molar-refractivity contribution in [3.8, 4) is 17.0 Å². The minimum atomic E-state index is -0.314. The fraction of sp³-hybridized carbons (Fsp3) is 0.0417. The van der Waals surface area contributed by atoms with Crippen LogP contribution in [0.3, 0.4) is 0 Å². The Labute approximate surface area is 217 Å². The predicted molar refractivity (Wildman–Crippen MR) is 146 cm³/mol. The van der Waals surface area contributed by atoms with E-state index in [1.54, 1.807) is 24.3 Å². The van der Waals surface area contributed by atoms with E-state index in [0.29, 0.717) is 13.6 Å². The van der Waals surface area contributed by atoms with Gasteiger partial charge in [-0.2, -0.15) is 5.10 Å². The molecule has 0 aliphatic heterocycles. The summed E-state index contributed by atoms with van der Waals surface area (Å²) in [6.07, 6.45) is 1.52. The Morgan fingerprint density at radius 3 is 2.58 bits per heavy atom. The van der Waals surface area contributed by atoms with E-state index in [-0.39, 0.29) is 11.7 Å². The van der Waals surface area contributed by atoms with Gasteiger partial charge in [0.25, 0.3) is 5.91 Å². The van der Waals surface area contributed by atoms with Gasteiger partial charge in [-0.3, -0.25) is 4.79 Å². The number of anilines is 2. The summed E-state index contributed by atoms with van der Waals surface area (Å²) >= 11 is 6.84. The van der Waals surface area contributed by atoms with E-state index in [9.17, 15) is 9.90 Å². The Morgan fingerprint density at radius 2 is 1.88 bits per heavy atom.